The molecular weight excluding hydrogens is 921 g/mol. The lowest BCUT2D eigenvalue weighted by Crippen LogP contribution is -2.17. The smallest absolute Gasteiger partial charge is 0.0462 e. The van der Waals surface area contributed by atoms with Crippen LogP contribution in [0.15, 0.2) is 321 Å². The molecule has 0 unspecified atom stereocenters. The molecule has 0 bridgehead atoms. The molecule has 0 aromatic heterocycles. The number of rotatable bonds is 15. The lowest BCUT2D eigenvalue weighted by atomic mass is 10.0. The molecule has 0 saturated heterocycles. The van der Waals surface area contributed by atoms with Crippen molar-refractivity contribution in [2.45, 2.75) is 12.8 Å². The van der Waals surface area contributed by atoms with Gasteiger partial charge in [-0.1, -0.05) is 176 Å². The Kier molecular flexibility index (Phi) is 13.7. The number of hydrogen-bond acceptors (Lipinski definition) is 4. The van der Waals surface area contributed by atoms with Crippen molar-refractivity contribution < 1.29 is 0 Å². The van der Waals surface area contributed by atoms with Crippen molar-refractivity contribution in [1.29, 1.82) is 0 Å². The van der Waals surface area contributed by atoms with E-state index >= 15 is 0 Å². The highest BCUT2D eigenvalue weighted by atomic mass is 15.2. The number of hydrogen-bond donors (Lipinski definition) is 0. The van der Waals surface area contributed by atoms with E-state index in [4.69, 9.17) is 0 Å². The van der Waals surface area contributed by atoms with Gasteiger partial charge in [0.1, 0.15) is 0 Å². The highest BCUT2D eigenvalue weighted by Gasteiger charge is 2.19. The Hall–Kier alpha value is -9.90. The summed E-state index contributed by atoms with van der Waals surface area (Å²) in [5, 5.41) is 0. The third-order valence-corrected chi connectivity index (χ3v) is 14.1. The van der Waals surface area contributed by atoms with Crippen molar-refractivity contribution in [2.24, 2.45) is 0 Å². The quantitative estimate of drug-likeness (QED) is 0.101. The standard InChI is InChI=1S/C72H56N4/c1-7-19-61(20-8-1)73(62-21-9-2-10-22-62)67-43-31-55(32-44-67)57-35-47-69(48-36-57)75(65-27-15-5-16-28-65)71-51-39-59(40-52-71)60-41-53-72(54-42-60)76(66-29-17-6-18-30-66)70-49-37-58(38-50-70)56-33-45-68(46-34-56)74(63-23-11-3-12-24-63)64-25-13-4-14-26-64/h1-13,15-25,27-54H,14,26H2. The largest absolute Gasteiger partial charge is 0.314 e. The van der Waals surface area contributed by atoms with Gasteiger partial charge in [-0.15, -0.1) is 0 Å². The van der Waals surface area contributed by atoms with E-state index in [-0.39, 0.29) is 0 Å². The highest BCUT2D eigenvalue weighted by Crippen LogP contribution is 2.41. The third kappa shape index (κ3) is 10.2. The van der Waals surface area contributed by atoms with Crippen LogP contribution in [-0.2, 0) is 0 Å². The average Bonchev–Trinajstić information content (AvgIpc) is 3.50. The first-order valence-corrected chi connectivity index (χ1v) is 26.1. The Morgan fingerprint density at radius 1 is 0.197 bits per heavy atom. The predicted octanol–water partition coefficient (Wildman–Crippen LogP) is 20.5. The molecular formula is C72H56N4. The maximum atomic E-state index is 2.38. The second-order valence-electron chi connectivity index (χ2n) is 18.9. The van der Waals surface area contributed by atoms with Crippen LogP contribution in [0.3, 0.4) is 0 Å². The van der Waals surface area contributed by atoms with Crippen molar-refractivity contribution in [3.05, 3.63) is 321 Å². The molecule has 0 aliphatic heterocycles. The van der Waals surface area contributed by atoms with Gasteiger partial charge in [0.2, 0.25) is 0 Å². The summed E-state index contributed by atoms with van der Waals surface area (Å²) in [6, 6.07) is 106. The predicted molar refractivity (Wildman–Crippen MR) is 322 cm³/mol. The number of para-hydroxylation sites is 5. The van der Waals surface area contributed by atoms with Crippen molar-refractivity contribution in [3.8, 4) is 33.4 Å². The van der Waals surface area contributed by atoms with Crippen molar-refractivity contribution in [2.75, 3.05) is 19.6 Å². The second-order valence-corrected chi connectivity index (χ2v) is 18.9. The second kappa shape index (κ2) is 22.1. The zero-order chi connectivity index (χ0) is 50.9. The van der Waals surface area contributed by atoms with E-state index in [1.165, 1.54) is 22.5 Å². The topological polar surface area (TPSA) is 13.0 Å². The summed E-state index contributed by atoms with van der Waals surface area (Å²) in [5.41, 5.74) is 20.5. The van der Waals surface area contributed by atoms with E-state index in [1.807, 2.05) is 0 Å². The Labute approximate surface area is 447 Å². The molecule has 0 N–H and O–H groups in total. The fraction of sp³-hybridized carbons (Fsp3) is 0.0278. The molecule has 4 nitrogen and oxygen atoms in total. The normalized spacial score (nSPS) is 11.9. The van der Waals surface area contributed by atoms with E-state index in [1.54, 1.807) is 0 Å². The van der Waals surface area contributed by atoms with Gasteiger partial charge >= 0.3 is 0 Å². The van der Waals surface area contributed by atoms with E-state index in [0.717, 1.165) is 92.0 Å². The first-order valence-electron chi connectivity index (χ1n) is 26.1. The molecule has 0 fully saturated rings. The van der Waals surface area contributed by atoms with Gasteiger partial charge in [0.15, 0.2) is 0 Å². The van der Waals surface area contributed by atoms with Gasteiger partial charge < -0.3 is 19.6 Å². The Balaban J connectivity index is 0.771. The first-order chi connectivity index (χ1) is 37.7. The molecule has 12 rings (SSSR count). The Bertz CT molecular complexity index is 3640. The van der Waals surface area contributed by atoms with Crippen LogP contribution in [0.2, 0.25) is 0 Å². The summed E-state index contributed by atoms with van der Waals surface area (Å²) in [5.74, 6) is 0. The van der Waals surface area contributed by atoms with Crippen LogP contribution in [0, 0.1) is 0 Å². The van der Waals surface area contributed by atoms with Crippen LogP contribution in [-0.4, -0.2) is 0 Å². The van der Waals surface area contributed by atoms with Crippen LogP contribution < -0.4 is 19.6 Å². The molecule has 0 spiro atoms. The minimum absolute atomic E-state index is 1.01. The molecule has 1 aliphatic rings. The van der Waals surface area contributed by atoms with Gasteiger partial charge in [-0.25, -0.2) is 0 Å². The van der Waals surface area contributed by atoms with E-state index in [0.29, 0.717) is 0 Å². The van der Waals surface area contributed by atoms with Crippen LogP contribution in [0.5, 0.6) is 0 Å². The van der Waals surface area contributed by atoms with Crippen molar-refractivity contribution >= 4 is 62.6 Å². The maximum Gasteiger partial charge on any atom is 0.0462 e. The third-order valence-electron chi connectivity index (χ3n) is 14.1. The number of nitrogens with zero attached hydrogens (tertiary/aromatic N) is 4. The number of benzene rings is 11. The molecule has 4 heteroatoms. The number of anilines is 11. The van der Waals surface area contributed by atoms with Crippen LogP contribution in [0.4, 0.5) is 62.6 Å². The molecule has 364 valence electrons. The molecule has 76 heavy (non-hydrogen) atoms. The SMILES string of the molecule is C1=CCCC(N(c2ccccc2)c2ccc(-c3ccc(N(c4ccccc4)c4ccc(-c5ccc(N(c6ccccc6)c6ccc(-c7ccc(N(c8ccccc8)c8ccccc8)cc7)cc6)cc5)cc4)cc3)cc2)=C1. The summed E-state index contributed by atoms with van der Waals surface area (Å²) in [7, 11) is 0. The van der Waals surface area contributed by atoms with Crippen molar-refractivity contribution in [3.63, 3.8) is 0 Å². The zero-order valence-electron chi connectivity index (χ0n) is 42.2. The molecule has 11 aromatic carbocycles. The van der Waals surface area contributed by atoms with Crippen LogP contribution in [0.25, 0.3) is 33.4 Å². The summed E-state index contributed by atoms with van der Waals surface area (Å²) >= 11 is 0. The monoisotopic (exact) mass is 976 g/mol. The molecule has 0 radical (unpaired) electrons. The fourth-order valence-electron chi connectivity index (χ4n) is 10.3. The minimum Gasteiger partial charge on any atom is -0.314 e. The van der Waals surface area contributed by atoms with Gasteiger partial charge in [-0.2, -0.15) is 0 Å². The molecule has 0 saturated carbocycles. The zero-order valence-corrected chi connectivity index (χ0v) is 42.2. The van der Waals surface area contributed by atoms with Crippen molar-refractivity contribution in [1.82, 2.24) is 0 Å². The summed E-state index contributed by atoms with van der Waals surface area (Å²) in [4.78, 5) is 9.32. The molecule has 11 aromatic rings. The van der Waals surface area contributed by atoms with E-state index in [2.05, 4.69) is 335 Å². The van der Waals surface area contributed by atoms with Crippen LogP contribution >= 0.6 is 0 Å². The van der Waals surface area contributed by atoms with Crippen LogP contribution in [0.1, 0.15) is 12.8 Å². The number of allylic oxidation sites excluding steroid dienone is 4. The van der Waals surface area contributed by atoms with Gasteiger partial charge in [0, 0.05) is 68.3 Å². The highest BCUT2D eigenvalue weighted by molar-refractivity contribution is 5.84. The lowest BCUT2D eigenvalue weighted by Gasteiger charge is -2.29. The van der Waals surface area contributed by atoms with E-state index in [9.17, 15) is 0 Å². The average molecular weight is 977 g/mol. The first kappa shape index (κ1) is 47.1. The minimum atomic E-state index is 1.01. The summed E-state index contributed by atoms with van der Waals surface area (Å²) < 4.78 is 0. The lowest BCUT2D eigenvalue weighted by molar-refractivity contribution is 0.918. The van der Waals surface area contributed by atoms with Gasteiger partial charge in [0.25, 0.3) is 0 Å². The Morgan fingerprint density at radius 3 is 0.605 bits per heavy atom. The summed E-state index contributed by atoms with van der Waals surface area (Å²) in [6.45, 7) is 0. The molecule has 0 amide bonds. The Morgan fingerprint density at radius 2 is 0.395 bits per heavy atom. The molecule has 0 heterocycles. The fourth-order valence-corrected chi connectivity index (χ4v) is 10.3. The molecule has 1 aliphatic carbocycles. The summed E-state index contributed by atoms with van der Waals surface area (Å²) in [6.07, 6.45) is 8.71. The van der Waals surface area contributed by atoms with Gasteiger partial charge in [-0.3, -0.25) is 0 Å². The molecule has 0 atom stereocenters. The van der Waals surface area contributed by atoms with Gasteiger partial charge in [-0.05, 0) is 186 Å². The maximum absolute atomic E-state index is 2.38. The van der Waals surface area contributed by atoms with E-state index < -0.39 is 0 Å². The van der Waals surface area contributed by atoms with Gasteiger partial charge in [0.05, 0.1) is 0 Å².